The Morgan fingerprint density at radius 1 is 0.930 bits per heavy atom. The maximum atomic E-state index is 13.3. The molecule has 1 aromatic heterocycles. The van der Waals surface area contributed by atoms with Crippen molar-refractivity contribution in [3.05, 3.63) is 83.6 Å². The summed E-state index contributed by atoms with van der Waals surface area (Å²) in [6.45, 7) is 6.11. The van der Waals surface area contributed by atoms with Crippen LogP contribution in [0.3, 0.4) is 0 Å². The Bertz CT molecular complexity index is 1310. The van der Waals surface area contributed by atoms with Gasteiger partial charge in [0.2, 0.25) is 12.3 Å². The molecule has 0 aliphatic heterocycles. The molecule has 1 heterocycles. The number of nitrogens with zero attached hydrogens (tertiary/aromatic N) is 1. The summed E-state index contributed by atoms with van der Waals surface area (Å²) in [6.07, 6.45) is 4.47. The molecule has 0 radical (unpaired) electrons. The van der Waals surface area contributed by atoms with E-state index in [1.54, 1.807) is 43.3 Å². The van der Waals surface area contributed by atoms with E-state index >= 15 is 0 Å². The molecule has 0 aliphatic rings. The van der Waals surface area contributed by atoms with Crippen LogP contribution in [0, 0.1) is 5.92 Å². The highest BCUT2D eigenvalue weighted by Crippen LogP contribution is 2.24. The van der Waals surface area contributed by atoms with Gasteiger partial charge in [-0.15, -0.1) is 0 Å². The highest BCUT2D eigenvalue weighted by Gasteiger charge is 2.32. The van der Waals surface area contributed by atoms with Crippen LogP contribution in [-0.2, 0) is 25.8 Å². The topological polar surface area (TPSA) is 127 Å². The van der Waals surface area contributed by atoms with Crippen LogP contribution in [0.2, 0.25) is 0 Å². The molecule has 10 nitrogen and oxygen atoms in total. The summed E-state index contributed by atoms with van der Waals surface area (Å²) in [7, 11) is 0. The fourth-order valence-electron chi connectivity index (χ4n) is 4.71. The zero-order chi connectivity index (χ0) is 31.0. The summed E-state index contributed by atoms with van der Waals surface area (Å²) in [4.78, 5) is 55.8. The molecule has 10 heteroatoms. The Kier molecular flexibility index (Phi) is 13.5. The number of carbonyl (C=O) groups excluding carboxylic acids is 4. The summed E-state index contributed by atoms with van der Waals surface area (Å²) in [5, 5.41) is 6.69. The predicted molar refractivity (Wildman–Crippen MR) is 161 cm³/mol. The van der Waals surface area contributed by atoms with Gasteiger partial charge in [0.15, 0.2) is 5.76 Å². The van der Waals surface area contributed by atoms with Gasteiger partial charge in [-0.1, -0.05) is 75.6 Å². The highest BCUT2D eigenvalue weighted by molar-refractivity contribution is 5.92. The molecule has 43 heavy (non-hydrogen) atoms. The van der Waals surface area contributed by atoms with E-state index in [0.717, 1.165) is 24.8 Å². The van der Waals surface area contributed by atoms with Gasteiger partial charge >= 0.3 is 5.97 Å². The lowest BCUT2D eigenvalue weighted by Gasteiger charge is -2.32. The fraction of sp³-hybridized carbons (Fsp3) is 0.394. The molecule has 0 bridgehead atoms. The lowest BCUT2D eigenvalue weighted by Crippen LogP contribution is -2.48. The van der Waals surface area contributed by atoms with Crippen molar-refractivity contribution in [1.82, 2.24) is 15.7 Å². The van der Waals surface area contributed by atoms with E-state index in [9.17, 15) is 19.2 Å². The summed E-state index contributed by atoms with van der Waals surface area (Å²) in [6, 6.07) is 18.9. The molecule has 0 fully saturated rings. The van der Waals surface area contributed by atoms with E-state index in [1.807, 2.05) is 37.3 Å². The van der Waals surface area contributed by atoms with E-state index in [0.29, 0.717) is 36.1 Å². The first-order chi connectivity index (χ1) is 20.9. The second kappa shape index (κ2) is 17.5. The molecule has 230 valence electrons. The lowest BCUT2D eigenvalue weighted by atomic mass is 9.90. The summed E-state index contributed by atoms with van der Waals surface area (Å²) in [5.74, 6) is -1.18. The molecule has 3 rings (SSSR count). The number of esters is 1. The molecule has 2 unspecified atom stereocenters. The second-order valence-corrected chi connectivity index (χ2v) is 9.99. The lowest BCUT2D eigenvalue weighted by molar-refractivity contribution is -0.200. The third-order valence-electron chi connectivity index (χ3n) is 7.01. The Labute approximate surface area is 252 Å². The first-order valence-corrected chi connectivity index (χ1v) is 14.7. The summed E-state index contributed by atoms with van der Waals surface area (Å²) in [5.41, 5.74) is 2.02. The maximum absolute atomic E-state index is 13.3. The monoisotopic (exact) mass is 591 g/mol. The Hall–Kier alpha value is -4.44. The molecule has 2 N–H and O–H groups in total. The van der Waals surface area contributed by atoms with Gasteiger partial charge in [-0.25, -0.2) is 9.86 Å². The third-order valence-corrected chi connectivity index (χ3v) is 7.01. The van der Waals surface area contributed by atoms with Gasteiger partial charge < -0.3 is 19.8 Å². The van der Waals surface area contributed by atoms with E-state index in [4.69, 9.17) is 14.0 Å². The van der Waals surface area contributed by atoms with Gasteiger partial charge in [-0.2, -0.15) is 0 Å². The van der Waals surface area contributed by atoms with E-state index in [2.05, 4.69) is 17.6 Å². The first-order valence-electron chi connectivity index (χ1n) is 14.7. The largest absolute Gasteiger partial charge is 0.462 e. The number of furan rings is 1. The molecule has 0 saturated carbocycles. The van der Waals surface area contributed by atoms with Gasteiger partial charge in [-0.05, 0) is 49.6 Å². The van der Waals surface area contributed by atoms with Gasteiger partial charge in [0, 0.05) is 5.56 Å². The normalized spacial score (nSPS) is 12.2. The number of hydrogen-bond donors (Lipinski definition) is 2. The van der Waals surface area contributed by atoms with E-state index in [1.165, 1.54) is 5.06 Å². The number of carbonyl (C=O) groups is 4. The van der Waals surface area contributed by atoms with E-state index in [-0.39, 0.29) is 31.5 Å². The molecule has 2 aromatic carbocycles. The Balaban J connectivity index is 1.59. The average molecular weight is 592 g/mol. The van der Waals surface area contributed by atoms with Crippen molar-refractivity contribution in [3.63, 3.8) is 0 Å². The minimum Gasteiger partial charge on any atom is -0.462 e. The number of nitrogens with one attached hydrogen (secondary N) is 2. The molecule has 0 saturated heterocycles. The van der Waals surface area contributed by atoms with Gasteiger partial charge in [0.1, 0.15) is 12.4 Å². The van der Waals surface area contributed by atoms with Crippen molar-refractivity contribution in [3.8, 4) is 11.3 Å². The third kappa shape index (κ3) is 9.82. The SMILES string of the molecule is CCCCCC(C(=O)NCNC(=O)c1ccc(-c2ccc(C(=O)OCC)cc2)o1)C(CC)N(C=O)OCc1ccccc1. The summed E-state index contributed by atoms with van der Waals surface area (Å²) < 4.78 is 10.7. The number of rotatable bonds is 18. The standard InChI is InChI=1S/C33H41N3O7/c1-4-7-9-14-27(28(5-2)36(23-37)42-21-24-12-10-8-11-13-24)31(38)34-22-35-32(39)30-20-19-29(43-30)25-15-17-26(18-16-25)33(40)41-6-3/h8,10-13,15-20,23,27-28H,4-7,9,14,21-22H2,1-3H3,(H,34,38)(H,35,39). The van der Waals surface area contributed by atoms with Crippen LogP contribution in [-0.4, -0.2) is 48.6 Å². The average Bonchev–Trinajstić information content (AvgIpc) is 3.53. The number of amides is 3. The first kappa shape index (κ1) is 33.1. The van der Waals surface area contributed by atoms with Gasteiger partial charge in [0.05, 0.1) is 30.8 Å². The molecule has 0 aliphatic carbocycles. The fourth-order valence-corrected chi connectivity index (χ4v) is 4.71. The zero-order valence-electron chi connectivity index (χ0n) is 25.0. The number of ether oxygens (including phenoxy) is 1. The predicted octanol–water partition coefficient (Wildman–Crippen LogP) is 5.49. The van der Waals surface area contributed by atoms with Crippen molar-refractivity contribution < 1.29 is 33.2 Å². The minimum atomic E-state index is -0.526. The van der Waals surface area contributed by atoms with Crippen LogP contribution < -0.4 is 10.6 Å². The van der Waals surface area contributed by atoms with Gasteiger partial charge in [0.25, 0.3) is 5.91 Å². The second-order valence-electron chi connectivity index (χ2n) is 9.99. The summed E-state index contributed by atoms with van der Waals surface area (Å²) >= 11 is 0. The Morgan fingerprint density at radius 3 is 2.33 bits per heavy atom. The number of benzene rings is 2. The highest BCUT2D eigenvalue weighted by atomic mass is 16.7. The van der Waals surface area contributed by atoms with Crippen molar-refractivity contribution >= 4 is 24.2 Å². The molecule has 3 aromatic rings. The zero-order valence-corrected chi connectivity index (χ0v) is 25.0. The van der Waals surface area contributed by atoms with Crippen molar-refractivity contribution in [2.24, 2.45) is 5.92 Å². The van der Waals surface area contributed by atoms with Crippen LogP contribution in [0.4, 0.5) is 0 Å². The number of unbranched alkanes of at least 4 members (excludes halogenated alkanes) is 2. The van der Waals surface area contributed by atoms with Crippen LogP contribution in [0.1, 0.15) is 79.4 Å². The molecule has 0 spiro atoms. The van der Waals surface area contributed by atoms with Crippen LogP contribution in [0.15, 0.2) is 71.1 Å². The van der Waals surface area contributed by atoms with E-state index < -0.39 is 23.8 Å². The van der Waals surface area contributed by atoms with Crippen LogP contribution in [0.25, 0.3) is 11.3 Å². The van der Waals surface area contributed by atoms with Crippen molar-refractivity contribution in [2.45, 2.75) is 65.5 Å². The van der Waals surface area contributed by atoms with Crippen molar-refractivity contribution in [2.75, 3.05) is 13.3 Å². The smallest absolute Gasteiger partial charge is 0.338 e. The molecule has 3 amide bonds. The van der Waals surface area contributed by atoms with Crippen molar-refractivity contribution in [1.29, 1.82) is 0 Å². The quantitative estimate of drug-likeness (QED) is 0.0658. The molecular formula is C33H41N3O7. The molecule has 2 atom stereocenters. The van der Waals surface area contributed by atoms with Gasteiger partial charge in [-0.3, -0.25) is 19.2 Å². The van der Waals surface area contributed by atoms with Crippen LogP contribution in [0.5, 0.6) is 0 Å². The number of hydroxylamine groups is 2. The Morgan fingerprint density at radius 2 is 1.67 bits per heavy atom. The molecular weight excluding hydrogens is 550 g/mol. The van der Waals surface area contributed by atoms with Crippen LogP contribution >= 0.6 is 0 Å². The minimum absolute atomic E-state index is 0.0751. The maximum Gasteiger partial charge on any atom is 0.338 e. The number of hydrogen-bond acceptors (Lipinski definition) is 7.